The first-order valence-corrected chi connectivity index (χ1v) is 6.48. The molecular weight excluding hydrogens is 218 g/mol. The van der Waals surface area contributed by atoms with Crippen LogP contribution in [0.15, 0.2) is 0 Å². The number of nitrogens with one attached hydrogen (secondary N) is 2. The highest BCUT2D eigenvalue weighted by Crippen LogP contribution is 2.27. The summed E-state index contributed by atoms with van der Waals surface area (Å²) in [4.78, 5) is 23.0. The molecule has 2 fully saturated rings. The maximum absolute atomic E-state index is 12.0. The van der Waals surface area contributed by atoms with Crippen LogP contribution < -0.4 is 16.4 Å². The second-order valence-corrected chi connectivity index (χ2v) is 5.10. The van der Waals surface area contributed by atoms with Crippen LogP contribution in [0.25, 0.3) is 0 Å². The van der Waals surface area contributed by atoms with E-state index in [4.69, 9.17) is 5.73 Å². The molecular formula is C12H21N3O2. The van der Waals surface area contributed by atoms with Crippen molar-refractivity contribution < 1.29 is 9.59 Å². The molecule has 2 unspecified atom stereocenters. The molecule has 1 heterocycles. The van der Waals surface area contributed by atoms with E-state index in [1.165, 1.54) is 12.8 Å². The van der Waals surface area contributed by atoms with E-state index in [1.54, 1.807) is 0 Å². The summed E-state index contributed by atoms with van der Waals surface area (Å²) in [5.74, 6) is 0.257. The van der Waals surface area contributed by atoms with E-state index in [0.717, 1.165) is 12.8 Å². The number of rotatable bonds is 4. The minimum atomic E-state index is -0.210. The largest absolute Gasteiger partial charge is 0.355 e. The van der Waals surface area contributed by atoms with E-state index in [2.05, 4.69) is 10.6 Å². The summed E-state index contributed by atoms with van der Waals surface area (Å²) in [5, 5.41) is 5.70. The lowest BCUT2D eigenvalue weighted by atomic mass is 9.97. The molecule has 1 aliphatic heterocycles. The van der Waals surface area contributed by atoms with Gasteiger partial charge in [-0.05, 0) is 18.8 Å². The molecule has 0 radical (unpaired) electrons. The van der Waals surface area contributed by atoms with E-state index < -0.39 is 0 Å². The first kappa shape index (κ1) is 12.4. The van der Waals surface area contributed by atoms with E-state index in [0.29, 0.717) is 25.4 Å². The summed E-state index contributed by atoms with van der Waals surface area (Å²) < 4.78 is 0. The van der Waals surface area contributed by atoms with Crippen molar-refractivity contribution in [1.29, 1.82) is 0 Å². The Morgan fingerprint density at radius 3 is 2.71 bits per heavy atom. The minimum Gasteiger partial charge on any atom is -0.355 e. The molecule has 4 N–H and O–H groups in total. The zero-order valence-corrected chi connectivity index (χ0v) is 10.1. The average molecular weight is 239 g/mol. The number of amides is 2. The molecule has 5 nitrogen and oxygen atoms in total. The van der Waals surface area contributed by atoms with Gasteiger partial charge in [0, 0.05) is 25.6 Å². The molecule has 1 saturated heterocycles. The van der Waals surface area contributed by atoms with Crippen molar-refractivity contribution in [3.05, 3.63) is 0 Å². The van der Waals surface area contributed by atoms with Crippen molar-refractivity contribution in [2.75, 3.05) is 13.1 Å². The quantitative estimate of drug-likeness (QED) is 0.633. The van der Waals surface area contributed by atoms with Crippen LogP contribution in [0, 0.1) is 11.8 Å². The maximum Gasteiger partial charge on any atom is 0.225 e. The third kappa shape index (κ3) is 2.97. The second-order valence-electron chi connectivity index (χ2n) is 5.10. The molecule has 2 aliphatic rings. The van der Waals surface area contributed by atoms with Crippen LogP contribution in [0.1, 0.15) is 32.1 Å². The molecule has 17 heavy (non-hydrogen) atoms. The summed E-state index contributed by atoms with van der Waals surface area (Å²) in [6.45, 7) is 0.955. The van der Waals surface area contributed by atoms with Crippen LogP contribution in [0.5, 0.6) is 0 Å². The fourth-order valence-electron chi connectivity index (χ4n) is 2.82. The Morgan fingerprint density at radius 2 is 2.18 bits per heavy atom. The van der Waals surface area contributed by atoms with Crippen LogP contribution in [0.3, 0.4) is 0 Å². The molecule has 2 rings (SSSR count). The van der Waals surface area contributed by atoms with Gasteiger partial charge < -0.3 is 16.4 Å². The van der Waals surface area contributed by atoms with Crippen LogP contribution in [0.4, 0.5) is 0 Å². The number of hydrogen-bond acceptors (Lipinski definition) is 3. The SMILES string of the molecule is NCC(NC(=O)C1CNC(=O)C1)C1CCCC1. The second kappa shape index (κ2) is 5.49. The third-order valence-corrected chi connectivity index (χ3v) is 3.90. The minimum absolute atomic E-state index is 0.0225. The van der Waals surface area contributed by atoms with Gasteiger partial charge in [0.05, 0.1) is 5.92 Å². The van der Waals surface area contributed by atoms with Crippen LogP contribution in [0.2, 0.25) is 0 Å². The van der Waals surface area contributed by atoms with Crippen molar-refractivity contribution in [3.8, 4) is 0 Å². The highest BCUT2D eigenvalue weighted by atomic mass is 16.2. The fourth-order valence-corrected chi connectivity index (χ4v) is 2.82. The van der Waals surface area contributed by atoms with Gasteiger partial charge >= 0.3 is 0 Å². The molecule has 2 amide bonds. The summed E-state index contributed by atoms with van der Waals surface area (Å²) in [7, 11) is 0. The molecule has 96 valence electrons. The first-order chi connectivity index (χ1) is 8.20. The Morgan fingerprint density at radius 1 is 1.47 bits per heavy atom. The lowest BCUT2D eigenvalue weighted by Gasteiger charge is -2.24. The zero-order chi connectivity index (χ0) is 12.3. The van der Waals surface area contributed by atoms with Gasteiger partial charge in [-0.25, -0.2) is 0 Å². The monoisotopic (exact) mass is 239 g/mol. The average Bonchev–Trinajstić information content (AvgIpc) is 2.96. The van der Waals surface area contributed by atoms with E-state index >= 15 is 0 Å². The molecule has 0 aromatic rings. The highest BCUT2D eigenvalue weighted by molar-refractivity contribution is 5.89. The Labute approximate surface area is 102 Å². The fraction of sp³-hybridized carbons (Fsp3) is 0.833. The third-order valence-electron chi connectivity index (χ3n) is 3.90. The summed E-state index contributed by atoms with van der Waals surface area (Å²) in [5.41, 5.74) is 5.73. The Kier molecular flexibility index (Phi) is 3.99. The van der Waals surface area contributed by atoms with Crippen LogP contribution in [-0.2, 0) is 9.59 Å². The van der Waals surface area contributed by atoms with Gasteiger partial charge in [0.25, 0.3) is 0 Å². The lowest BCUT2D eigenvalue weighted by Crippen LogP contribution is -2.47. The highest BCUT2D eigenvalue weighted by Gasteiger charge is 2.31. The summed E-state index contributed by atoms with van der Waals surface area (Å²) >= 11 is 0. The Bertz CT molecular complexity index is 300. The van der Waals surface area contributed by atoms with Gasteiger partial charge in [-0.1, -0.05) is 12.8 Å². The first-order valence-electron chi connectivity index (χ1n) is 6.48. The molecule has 1 aliphatic carbocycles. The van der Waals surface area contributed by atoms with Crippen molar-refractivity contribution in [3.63, 3.8) is 0 Å². The number of hydrogen-bond donors (Lipinski definition) is 3. The van der Waals surface area contributed by atoms with Crippen molar-refractivity contribution in [1.82, 2.24) is 10.6 Å². The van der Waals surface area contributed by atoms with E-state index in [1.807, 2.05) is 0 Å². The van der Waals surface area contributed by atoms with Crippen LogP contribution in [-0.4, -0.2) is 30.9 Å². The molecule has 5 heteroatoms. The van der Waals surface area contributed by atoms with Crippen molar-refractivity contribution in [2.45, 2.75) is 38.1 Å². The van der Waals surface area contributed by atoms with Gasteiger partial charge in [0.2, 0.25) is 11.8 Å². The Balaban J connectivity index is 1.85. The molecule has 1 saturated carbocycles. The topological polar surface area (TPSA) is 84.2 Å². The van der Waals surface area contributed by atoms with Gasteiger partial charge in [0.15, 0.2) is 0 Å². The van der Waals surface area contributed by atoms with E-state index in [-0.39, 0.29) is 23.8 Å². The van der Waals surface area contributed by atoms with Gasteiger partial charge in [0.1, 0.15) is 0 Å². The smallest absolute Gasteiger partial charge is 0.225 e. The number of carbonyl (C=O) groups is 2. The summed E-state index contributed by atoms with van der Waals surface area (Å²) in [6.07, 6.45) is 5.10. The molecule has 0 spiro atoms. The molecule has 0 aromatic carbocycles. The molecule has 0 aromatic heterocycles. The summed E-state index contributed by atoms with van der Waals surface area (Å²) in [6, 6.07) is 0.0840. The van der Waals surface area contributed by atoms with Gasteiger partial charge in [-0.3, -0.25) is 9.59 Å². The number of carbonyl (C=O) groups excluding carboxylic acids is 2. The maximum atomic E-state index is 12.0. The predicted molar refractivity (Wildman–Crippen MR) is 64.1 cm³/mol. The van der Waals surface area contributed by atoms with Crippen molar-refractivity contribution >= 4 is 11.8 Å². The molecule has 2 atom stereocenters. The normalized spacial score (nSPS) is 26.9. The van der Waals surface area contributed by atoms with Crippen molar-refractivity contribution in [2.24, 2.45) is 17.6 Å². The predicted octanol–water partition coefficient (Wildman–Crippen LogP) is -0.244. The lowest BCUT2D eigenvalue weighted by molar-refractivity contribution is -0.127. The standard InChI is InChI=1S/C12H21N3O2/c13-6-10(8-3-1-2-4-8)15-12(17)9-5-11(16)14-7-9/h8-10H,1-7,13H2,(H,14,16)(H,15,17). The zero-order valence-electron chi connectivity index (χ0n) is 10.1. The van der Waals surface area contributed by atoms with Crippen LogP contribution >= 0.6 is 0 Å². The Hall–Kier alpha value is -1.10. The molecule has 0 bridgehead atoms. The number of nitrogens with two attached hydrogens (primary N) is 1. The van der Waals surface area contributed by atoms with Gasteiger partial charge in [-0.2, -0.15) is 0 Å². The van der Waals surface area contributed by atoms with E-state index in [9.17, 15) is 9.59 Å². The van der Waals surface area contributed by atoms with Gasteiger partial charge in [-0.15, -0.1) is 0 Å².